The predicted molar refractivity (Wildman–Crippen MR) is 84.8 cm³/mol. The van der Waals surface area contributed by atoms with Gasteiger partial charge in [-0.15, -0.1) is 0 Å². The highest BCUT2D eigenvalue weighted by Crippen LogP contribution is 2.19. The number of rotatable bonds is 4. The largest absolute Gasteiger partial charge is 0.465 e. The van der Waals surface area contributed by atoms with E-state index >= 15 is 0 Å². The molecule has 0 atom stereocenters. The third-order valence-corrected chi connectivity index (χ3v) is 3.03. The highest BCUT2D eigenvalue weighted by molar-refractivity contribution is 6.67. The number of esters is 1. The SMILES string of the molecule is COC(=O)c1cccc(C=O)c1.O=C(Cl)c1cccc(C(F)F)c1. The summed E-state index contributed by atoms with van der Waals surface area (Å²) >= 11 is 5.10. The maximum atomic E-state index is 12.1. The molecule has 0 aliphatic heterocycles. The van der Waals surface area contributed by atoms with E-state index in [9.17, 15) is 23.2 Å². The van der Waals surface area contributed by atoms with Gasteiger partial charge in [0.25, 0.3) is 11.7 Å². The number of ether oxygens (including phenoxy) is 1. The lowest BCUT2D eigenvalue weighted by Gasteiger charge is -1.99. The van der Waals surface area contributed by atoms with E-state index in [1.165, 1.54) is 31.4 Å². The lowest BCUT2D eigenvalue weighted by atomic mass is 10.1. The van der Waals surface area contributed by atoms with Crippen LogP contribution >= 0.6 is 11.6 Å². The number of aldehydes is 1. The molecule has 2 aromatic carbocycles. The minimum absolute atomic E-state index is 0.0921. The van der Waals surface area contributed by atoms with Gasteiger partial charge in [0.1, 0.15) is 6.29 Å². The number of alkyl halides is 2. The van der Waals surface area contributed by atoms with Crippen LogP contribution in [-0.2, 0) is 4.74 Å². The van der Waals surface area contributed by atoms with Crippen molar-refractivity contribution >= 4 is 29.1 Å². The number of halogens is 3. The van der Waals surface area contributed by atoms with Crippen LogP contribution in [-0.4, -0.2) is 24.6 Å². The molecule has 0 unspecified atom stereocenters. The normalized spacial score (nSPS) is 9.71. The molecule has 7 heteroatoms. The fourth-order valence-electron chi connectivity index (χ4n) is 1.65. The van der Waals surface area contributed by atoms with Crippen molar-refractivity contribution in [3.05, 3.63) is 70.8 Å². The summed E-state index contributed by atoms with van der Waals surface area (Å²) in [6.07, 6.45) is -1.88. The second-order valence-corrected chi connectivity index (χ2v) is 4.78. The van der Waals surface area contributed by atoms with Crippen LogP contribution in [0.4, 0.5) is 8.78 Å². The van der Waals surface area contributed by atoms with Crippen LogP contribution in [0.25, 0.3) is 0 Å². The summed E-state index contributed by atoms with van der Waals surface area (Å²) in [4.78, 5) is 31.8. The third kappa shape index (κ3) is 5.89. The molecule has 2 aromatic rings. The van der Waals surface area contributed by atoms with Gasteiger partial charge in [0.15, 0.2) is 0 Å². The summed E-state index contributed by atoms with van der Waals surface area (Å²) < 4.78 is 28.6. The van der Waals surface area contributed by atoms with Gasteiger partial charge in [-0.3, -0.25) is 9.59 Å². The number of hydrogen-bond acceptors (Lipinski definition) is 4. The summed E-state index contributed by atoms with van der Waals surface area (Å²) in [6, 6.07) is 11.4. The topological polar surface area (TPSA) is 60.4 Å². The fourth-order valence-corrected chi connectivity index (χ4v) is 1.77. The van der Waals surface area contributed by atoms with E-state index in [2.05, 4.69) is 4.74 Å². The minimum Gasteiger partial charge on any atom is -0.465 e. The molecule has 0 aliphatic carbocycles. The molecule has 0 bridgehead atoms. The van der Waals surface area contributed by atoms with Gasteiger partial charge in [-0.2, -0.15) is 0 Å². The summed E-state index contributed by atoms with van der Waals surface area (Å²) in [5, 5.41) is -0.725. The second kappa shape index (κ2) is 9.52. The van der Waals surface area contributed by atoms with Crippen LogP contribution in [0.5, 0.6) is 0 Å². The van der Waals surface area contributed by atoms with E-state index in [-0.39, 0.29) is 11.1 Å². The summed E-state index contributed by atoms with van der Waals surface area (Å²) in [5.41, 5.74) is 0.760. The number of carbonyl (C=O) groups is 3. The van der Waals surface area contributed by atoms with Crippen LogP contribution in [0.3, 0.4) is 0 Å². The van der Waals surface area contributed by atoms with Crippen molar-refractivity contribution in [1.82, 2.24) is 0 Å². The van der Waals surface area contributed by atoms with Gasteiger partial charge in [-0.1, -0.05) is 30.3 Å². The molecular weight excluding hydrogens is 342 g/mol. The van der Waals surface area contributed by atoms with Crippen LogP contribution in [0, 0.1) is 0 Å². The van der Waals surface area contributed by atoms with Crippen LogP contribution in [0.15, 0.2) is 48.5 Å². The number of methoxy groups -OCH3 is 1. The molecule has 0 N–H and O–H groups in total. The van der Waals surface area contributed by atoms with Gasteiger partial charge < -0.3 is 4.74 Å². The van der Waals surface area contributed by atoms with Crippen molar-refractivity contribution in [2.45, 2.75) is 6.43 Å². The van der Waals surface area contributed by atoms with Crippen LogP contribution in [0.2, 0.25) is 0 Å². The highest BCUT2D eigenvalue weighted by Gasteiger charge is 2.09. The fraction of sp³-hybridized carbons (Fsp3) is 0.118. The van der Waals surface area contributed by atoms with E-state index < -0.39 is 17.6 Å². The van der Waals surface area contributed by atoms with E-state index in [0.29, 0.717) is 17.4 Å². The standard InChI is InChI=1S/C9H8O3.C8H5ClF2O/c1-12-9(11)8-4-2-3-7(5-8)6-10;9-7(12)5-2-1-3-6(4-5)8(10)11/h2-6H,1H3;1-4,8H. The zero-order valence-electron chi connectivity index (χ0n) is 12.5. The Bertz CT molecular complexity index is 732. The molecule has 2 rings (SSSR count). The first-order chi connectivity index (χ1) is 11.4. The summed E-state index contributed by atoms with van der Waals surface area (Å²) in [5.74, 6) is -0.432. The third-order valence-electron chi connectivity index (χ3n) is 2.81. The Balaban J connectivity index is 0.000000240. The van der Waals surface area contributed by atoms with E-state index in [4.69, 9.17) is 11.6 Å². The first-order valence-corrected chi connectivity index (χ1v) is 6.98. The van der Waals surface area contributed by atoms with Crippen molar-refractivity contribution in [3.8, 4) is 0 Å². The number of carbonyl (C=O) groups excluding carboxylic acids is 3. The lowest BCUT2D eigenvalue weighted by Crippen LogP contribution is -2.01. The van der Waals surface area contributed by atoms with Crippen LogP contribution in [0.1, 0.15) is 43.1 Å². The Kier molecular flexibility index (Phi) is 7.71. The summed E-state index contributed by atoms with van der Waals surface area (Å²) in [7, 11) is 1.30. The molecule has 126 valence electrons. The smallest absolute Gasteiger partial charge is 0.337 e. The zero-order valence-corrected chi connectivity index (χ0v) is 13.3. The molecule has 0 amide bonds. The van der Waals surface area contributed by atoms with E-state index in [0.717, 1.165) is 6.07 Å². The second-order valence-electron chi connectivity index (χ2n) is 4.43. The van der Waals surface area contributed by atoms with Crippen molar-refractivity contribution in [3.63, 3.8) is 0 Å². The van der Waals surface area contributed by atoms with Gasteiger partial charge in [-0.05, 0) is 29.8 Å². The molecule has 0 spiro atoms. The Labute approximate surface area is 142 Å². The maximum Gasteiger partial charge on any atom is 0.337 e. The first-order valence-electron chi connectivity index (χ1n) is 6.60. The average Bonchev–Trinajstić information content (AvgIpc) is 2.61. The molecule has 0 fully saturated rings. The van der Waals surface area contributed by atoms with Crippen molar-refractivity contribution in [1.29, 1.82) is 0 Å². The van der Waals surface area contributed by atoms with Crippen molar-refractivity contribution < 1.29 is 27.9 Å². The molecule has 0 heterocycles. The molecule has 0 saturated carbocycles. The maximum absolute atomic E-state index is 12.1. The molecule has 24 heavy (non-hydrogen) atoms. The van der Waals surface area contributed by atoms with Crippen LogP contribution < -0.4 is 0 Å². The number of benzene rings is 2. The average molecular weight is 355 g/mol. The molecule has 4 nitrogen and oxygen atoms in total. The van der Waals surface area contributed by atoms with Crippen molar-refractivity contribution in [2.75, 3.05) is 7.11 Å². The van der Waals surface area contributed by atoms with Crippen molar-refractivity contribution in [2.24, 2.45) is 0 Å². The van der Waals surface area contributed by atoms with Gasteiger partial charge in [0, 0.05) is 16.7 Å². The summed E-state index contributed by atoms with van der Waals surface area (Å²) in [6.45, 7) is 0. The molecular formula is C17H13ClF2O4. The van der Waals surface area contributed by atoms with E-state index in [1.807, 2.05) is 0 Å². The van der Waals surface area contributed by atoms with E-state index in [1.54, 1.807) is 18.2 Å². The Morgan fingerprint density at radius 3 is 2.25 bits per heavy atom. The predicted octanol–water partition coefficient (Wildman–Crippen LogP) is 4.29. The first kappa shape index (κ1) is 19.4. The molecule has 0 saturated heterocycles. The highest BCUT2D eigenvalue weighted by atomic mass is 35.5. The van der Waals surface area contributed by atoms with Gasteiger partial charge in [-0.25, -0.2) is 13.6 Å². The monoisotopic (exact) mass is 354 g/mol. The quantitative estimate of drug-likeness (QED) is 0.467. The number of hydrogen-bond donors (Lipinski definition) is 0. The Hall–Kier alpha value is -2.60. The Morgan fingerprint density at radius 1 is 1.08 bits per heavy atom. The molecule has 0 aromatic heterocycles. The molecule has 0 radical (unpaired) electrons. The lowest BCUT2D eigenvalue weighted by molar-refractivity contribution is 0.0600. The van der Waals surface area contributed by atoms with Gasteiger partial charge in [0.2, 0.25) is 0 Å². The minimum atomic E-state index is -2.57. The van der Waals surface area contributed by atoms with Gasteiger partial charge in [0.05, 0.1) is 12.7 Å². The zero-order chi connectivity index (χ0) is 18.1. The van der Waals surface area contributed by atoms with Gasteiger partial charge >= 0.3 is 5.97 Å². The molecule has 0 aliphatic rings. The Morgan fingerprint density at radius 2 is 1.71 bits per heavy atom.